The van der Waals surface area contributed by atoms with Crippen LogP contribution >= 0.6 is 15.9 Å². The first-order valence-corrected chi connectivity index (χ1v) is 9.56. The van der Waals surface area contributed by atoms with Crippen LogP contribution in [0.1, 0.15) is 43.4 Å². The minimum absolute atomic E-state index is 0.0955. The van der Waals surface area contributed by atoms with Crippen LogP contribution in [0.15, 0.2) is 71.7 Å². The van der Waals surface area contributed by atoms with Gasteiger partial charge in [-0.25, -0.2) is 0 Å². The summed E-state index contributed by atoms with van der Waals surface area (Å²) in [6.45, 7) is 6.82. The second-order valence-corrected chi connectivity index (χ2v) is 7.80. The fourth-order valence-electron chi connectivity index (χ4n) is 3.88. The molecule has 3 rings (SSSR count). The Hall–Kier alpha value is -1.87. The van der Waals surface area contributed by atoms with Gasteiger partial charge < -0.3 is 4.90 Å². The van der Waals surface area contributed by atoms with Gasteiger partial charge in [0, 0.05) is 22.9 Å². The lowest BCUT2D eigenvalue weighted by molar-refractivity contribution is -0.138. The Morgan fingerprint density at radius 3 is 2.48 bits per heavy atom. The van der Waals surface area contributed by atoms with E-state index in [1.807, 2.05) is 29.2 Å². The molecule has 25 heavy (non-hydrogen) atoms. The number of nitrogens with zero attached hydrogens (tertiary/aromatic N) is 1. The molecule has 2 nitrogen and oxygen atoms in total. The Balaban J connectivity index is 1.82. The van der Waals surface area contributed by atoms with Gasteiger partial charge in [-0.3, -0.25) is 4.79 Å². The largest absolute Gasteiger partial charge is 0.336 e. The lowest BCUT2D eigenvalue weighted by Crippen LogP contribution is -2.47. The number of carbonyl (C=O) groups excluding carboxylic acids is 1. The maximum absolute atomic E-state index is 13.0. The van der Waals surface area contributed by atoms with Crippen molar-refractivity contribution in [1.29, 1.82) is 0 Å². The topological polar surface area (TPSA) is 20.3 Å². The molecule has 1 amide bonds. The molecule has 0 spiro atoms. The van der Waals surface area contributed by atoms with Gasteiger partial charge in [0.15, 0.2) is 0 Å². The zero-order chi connectivity index (χ0) is 17.9. The van der Waals surface area contributed by atoms with Crippen LogP contribution < -0.4 is 0 Å². The molecule has 2 aromatic rings. The van der Waals surface area contributed by atoms with Crippen molar-refractivity contribution in [3.63, 3.8) is 0 Å². The van der Waals surface area contributed by atoms with E-state index < -0.39 is 0 Å². The minimum Gasteiger partial charge on any atom is -0.336 e. The normalized spacial score (nSPS) is 21.8. The molecule has 0 bridgehead atoms. The molecule has 3 heteroatoms. The van der Waals surface area contributed by atoms with Crippen molar-refractivity contribution >= 4 is 21.8 Å². The zero-order valence-corrected chi connectivity index (χ0v) is 16.2. The number of halogens is 1. The van der Waals surface area contributed by atoms with Crippen LogP contribution in [0, 0.1) is 0 Å². The molecule has 2 unspecified atom stereocenters. The lowest BCUT2D eigenvalue weighted by Gasteiger charge is -2.43. The molecule has 0 N–H and O–H groups in total. The molecule has 2 atom stereocenters. The number of benzene rings is 2. The monoisotopic (exact) mass is 397 g/mol. The van der Waals surface area contributed by atoms with Crippen molar-refractivity contribution in [3.8, 4) is 0 Å². The predicted molar refractivity (Wildman–Crippen MR) is 106 cm³/mol. The molecule has 0 aliphatic carbocycles. The molecule has 1 aliphatic rings. The number of allylic oxidation sites excluding steroid dienone is 1. The van der Waals surface area contributed by atoms with Gasteiger partial charge >= 0.3 is 0 Å². The van der Waals surface area contributed by atoms with Gasteiger partial charge in [-0.15, -0.1) is 6.58 Å². The van der Waals surface area contributed by atoms with Gasteiger partial charge in [0.25, 0.3) is 0 Å². The molecule has 130 valence electrons. The highest BCUT2D eigenvalue weighted by molar-refractivity contribution is 9.10. The van der Waals surface area contributed by atoms with Gasteiger partial charge in [0.1, 0.15) is 0 Å². The Bertz CT molecular complexity index is 740. The van der Waals surface area contributed by atoms with E-state index in [9.17, 15) is 4.79 Å². The Kier molecular flexibility index (Phi) is 5.43. The van der Waals surface area contributed by atoms with E-state index in [0.29, 0.717) is 6.42 Å². The molecule has 1 heterocycles. The maximum atomic E-state index is 13.0. The fourth-order valence-corrected chi connectivity index (χ4v) is 4.14. The minimum atomic E-state index is -0.115. The third kappa shape index (κ3) is 3.72. The van der Waals surface area contributed by atoms with Crippen molar-refractivity contribution < 1.29 is 4.79 Å². The SMILES string of the molecule is C=CCC1(c2ccccc2)CCN(C(C)c2ccc(Br)cc2)C(=O)C1. The molecule has 1 saturated heterocycles. The van der Waals surface area contributed by atoms with Gasteiger partial charge in [0.2, 0.25) is 5.91 Å². The number of hydrogen-bond donors (Lipinski definition) is 0. The highest BCUT2D eigenvalue weighted by Gasteiger charge is 2.40. The van der Waals surface area contributed by atoms with Crippen molar-refractivity contribution in [2.24, 2.45) is 0 Å². The number of piperidine rings is 1. The molecule has 2 aromatic carbocycles. The van der Waals surface area contributed by atoms with Crippen LogP contribution in [0.3, 0.4) is 0 Å². The summed E-state index contributed by atoms with van der Waals surface area (Å²) in [5, 5.41) is 0. The summed E-state index contributed by atoms with van der Waals surface area (Å²) < 4.78 is 1.06. The van der Waals surface area contributed by atoms with Crippen LogP contribution in [-0.4, -0.2) is 17.4 Å². The first-order chi connectivity index (χ1) is 12.1. The Morgan fingerprint density at radius 2 is 1.88 bits per heavy atom. The average Bonchev–Trinajstić information content (AvgIpc) is 2.63. The molecule has 0 aromatic heterocycles. The summed E-state index contributed by atoms with van der Waals surface area (Å²) in [5.41, 5.74) is 2.31. The van der Waals surface area contributed by atoms with Crippen LogP contribution in [0.2, 0.25) is 0 Å². The molecule has 1 fully saturated rings. The summed E-state index contributed by atoms with van der Waals surface area (Å²) in [5.74, 6) is 0.229. The van der Waals surface area contributed by atoms with E-state index in [4.69, 9.17) is 0 Å². The molecule has 1 aliphatic heterocycles. The summed E-state index contributed by atoms with van der Waals surface area (Å²) >= 11 is 3.47. The van der Waals surface area contributed by atoms with Crippen LogP contribution in [0.25, 0.3) is 0 Å². The second kappa shape index (κ2) is 7.57. The van der Waals surface area contributed by atoms with E-state index >= 15 is 0 Å². The second-order valence-electron chi connectivity index (χ2n) is 6.88. The summed E-state index contributed by atoms with van der Waals surface area (Å²) in [6, 6.07) is 18.8. The predicted octanol–water partition coefficient (Wildman–Crippen LogP) is 5.65. The average molecular weight is 398 g/mol. The Labute approximate surface area is 158 Å². The van der Waals surface area contributed by atoms with Crippen molar-refractivity contribution in [2.75, 3.05) is 6.54 Å². The van der Waals surface area contributed by atoms with Crippen LogP contribution in [-0.2, 0) is 10.2 Å². The van der Waals surface area contributed by atoms with Crippen LogP contribution in [0.4, 0.5) is 0 Å². The summed E-state index contributed by atoms with van der Waals surface area (Å²) in [6.07, 6.45) is 4.30. The van der Waals surface area contributed by atoms with E-state index in [1.165, 1.54) is 11.1 Å². The van der Waals surface area contributed by atoms with E-state index in [0.717, 1.165) is 23.9 Å². The fraction of sp³-hybridized carbons (Fsp3) is 0.318. The standard InChI is InChI=1S/C22H24BrNO/c1-3-13-22(19-7-5-4-6-8-19)14-15-24(21(25)16-22)17(2)18-9-11-20(23)12-10-18/h3-12,17H,1,13-16H2,2H3. The lowest BCUT2D eigenvalue weighted by atomic mass is 9.70. The van der Waals surface area contributed by atoms with Gasteiger partial charge in [0.05, 0.1) is 6.04 Å². The third-order valence-corrected chi connectivity index (χ3v) is 5.91. The number of hydrogen-bond acceptors (Lipinski definition) is 1. The highest BCUT2D eigenvalue weighted by Crippen LogP contribution is 2.41. The van der Waals surface area contributed by atoms with Gasteiger partial charge in [-0.05, 0) is 43.0 Å². The molecule has 0 radical (unpaired) electrons. The summed E-state index contributed by atoms with van der Waals surface area (Å²) in [4.78, 5) is 15.0. The first kappa shape index (κ1) is 17.9. The highest BCUT2D eigenvalue weighted by atomic mass is 79.9. The van der Waals surface area contributed by atoms with Gasteiger partial charge in [-0.1, -0.05) is 64.5 Å². The summed E-state index contributed by atoms with van der Waals surface area (Å²) in [7, 11) is 0. The number of rotatable bonds is 5. The smallest absolute Gasteiger partial charge is 0.223 e. The number of likely N-dealkylation sites (tertiary alicyclic amines) is 1. The maximum Gasteiger partial charge on any atom is 0.223 e. The third-order valence-electron chi connectivity index (χ3n) is 5.38. The molecular weight excluding hydrogens is 374 g/mol. The van der Waals surface area contributed by atoms with Crippen molar-refractivity contribution in [3.05, 3.63) is 82.9 Å². The zero-order valence-electron chi connectivity index (χ0n) is 14.6. The van der Waals surface area contributed by atoms with Crippen molar-refractivity contribution in [1.82, 2.24) is 4.90 Å². The number of amides is 1. The van der Waals surface area contributed by atoms with Crippen molar-refractivity contribution in [2.45, 2.75) is 37.6 Å². The quantitative estimate of drug-likeness (QED) is 0.597. The molecule has 0 saturated carbocycles. The number of carbonyl (C=O) groups is 1. The first-order valence-electron chi connectivity index (χ1n) is 8.77. The van der Waals surface area contributed by atoms with Crippen LogP contribution in [0.5, 0.6) is 0 Å². The van der Waals surface area contributed by atoms with E-state index in [1.54, 1.807) is 0 Å². The Morgan fingerprint density at radius 1 is 1.20 bits per heavy atom. The molecular formula is C22H24BrNO. The van der Waals surface area contributed by atoms with Gasteiger partial charge in [-0.2, -0.15) is 0 Å². The van der Waals surface area contributed by atoms with E-state index in [2.05, 4.69) is 65.8 Å². The van der Waals surface area contributed by atoms with E-state index in [-0.39, 0.29) is 17.4 Å².